The molecule has 0 aliphatic carbocycles. The van der Waals surface area contributed by atoms with Gasteiger partial charge in [-0.3, -0.25) is 0 Å². The first-order chi connectivity index (χ1) is 9.44. The Labute approximate surface area is 120 Å². The quantitative estimate of drug-likeness (QED) is 0.919. The van der Waals surface area contributed by atoms with Gasteiger partial charge in [0.25, 0.3) is 5.89 Å². The Hall–Kier alpha value is -1.50. The van der Waals surface area contributed by atoms with Crippen molar-refractivity contribution in [2.75, 3.05) is 13.2 Å². The standard InChI is InChI=1S/C13H15ClFN3O2/c1-3-19-7-13(2,16)12-17-11(20-18-12)8-4-5-9(14)10(15)6-8/h4-6H,3,7,16H2,1-2H3. The number of rotatable bonds is 5. The van der Waals surface area contributed by atoms with Gasteiger partial charge in [-0.15, -0.1) is 0 Å². The number of halogens is 2. The second kappa shape index (κ2) is 5.87. The molecule has 1 unspecified atom stereocenters. The molecule has 1 aromatic heterocycles. The molecule has 0 aliphatic rings. The van der Waals surface area contributed by atoms with E-state index in [4.69, 9.17) is 26.6 Å². The highest BCUT2D eigenvalue weighted by molar-refractivity contribution is 6.30. The number of nitrogens with zero attached hydrogens (tertiary/aromatic N) is 2. The third-order valence-corrected chi connectivity index (χ3v) is 3.02. The zero-order valence-electron chi connectivity index (χ0n) is 11.2. The van der Waals surface area contributed by atoms with Crippen LogP contribution in [0.5, 0.6) is 0 Å². The topological polar surface area (TPSA) is 74.2 Å². The minimum absolute atomic E-state index is 0.0356. The van der Waals surface area contributed by atoms with E-state index in [0.717, 1.165) is 0 Å². The smallest absolute Gasteiger partial charge is 0.258 e. The molecule has 1 atom stereocenters. The summed E-state index contributed by atoms with van der Waals surface area (Å²) in [7, 11) is 0. The van der Waals surface area contributed by atoms with Crippen molar-refractivity contribution in [2.45, 2.75) is 19.4 Å². The van der Waals surface area contributed by atoms with Gasteiger partial charge in [0.05, 0.1) is 11.6 Å². The van der Waals surface area contributed by atoms with E-state index in [0.29, 0.717) is 18.0 Å². The molecule has 5 nitrogen and oxygen atoms in total. The molecule has 1 heterocycles. The summed E-state index contributed by atoms with van der Waals surface area (Å²) in [6.45, 7) is 4.41. The van der Waals surface area contributed by atoms with Gasteiger partial charge in [-0.05, 0) is 32.0 Å². The summed E-state index contributed by atoms with van der Waals surface area (Å²) in [5.41, 5.74) is 5.63. The Kier molecular flexibility index (Phi) is 4.37. The molecule has 2 aromatic rings. The molecule has 0 saturated carbocycles. The summed E-state index contributed by atoms with van der Waals surface area (Å²) in [6.07, 6.45) is 0. The number of benzene rings is 1. The van der Waals surface area contributed by atoms with E-state index < -0.39 is 11.4 Å². The fourth-order valence-electron chi connectivity index (χ4n) is 1.58. The molecule has 0 radical (unpaired) electrons. The van der Waals surface area contributed by atoms with Gasteiger partial charge in [0.2, 0.25) is 0 Å². The summed E-state index contributed by atoms with van der Waals surface area (Å²) in [4.78, 5) is 4.18. The lowest BCUT2D eigenvalue weighted by molar-refractivity contribution is 0.0962. The Balaban J connectivity index is 2.26. The van der Waals surface area contributed by atoms with E-state index in [9.17, 15) is 4.39 Å². The summed E-state index contributed by atoms with van der Waals surface area (Å²) in [6, 6.07) is 4.26. The van der Waals surface area contributed by atoms with Crippen LogP contribution in [-0.2, 0) is 10.3 Å². The number of nitrogens with two attached hydrogens (primary N) is 1. The molecule has 20 heavy (non-hydrogen) atoms. The fourth-order valence-corrected chi connectivity index (χ4v) is 1.70. The molecule has 1 aromatic carbocycles. The van der Waals surface area contributed by atoms with E-state index in [-0.39, 0.29) is 17.5 Å². The van der Waals surface area contributed by atoms with E-state index in [2.05, 4.69) is 10.1 Å². The summed E-state index contributed by atoms with van der Waals surface area (Å²) >= 11 is 5.62. The number of hydrogen-bond acceptors (Lipinski definition) is 5. The van der Waals surface area contributed by atoms with Crippen LogP contribution in [0, 0.1) is 5.82 Å². The Morgan fingerprint density at radius 1 is 1.50 bits per heavy atom. The van der Waals surface area contributed by atoms with Crippen molar-refractivity contribution in [1.82, 2.24) is 10.1 Å². The summed E-state index contributed by atoms with van der Waals surface area (Å²) < 4.78 is 23.8. The summed E-state index contributed by atoms with van der Waals surface area (Å²) in [5, 5.41) is 3.86. The third kappa shape index (κ3) is 3.15. The van der Waals surface area contributed by atoms with Crippen LogP contribution >= 0.6 is 11.6 Å². The number of hydrogen-bond donors (Lipinski definition) is 1. The van der Waals surface area contributed by atoms with Crippen LogP contribution in [0.25, 0.3) is 11.5 Å². The monoisotopic (exact) mass is 299 g/mol. The van der Waals surface area contributed by atoms with Gasteiger partial charge in [-0.25, -0.2) is 4.39 Å². The van der Waals surface area contributed by atoms with Crippen molar-refractivity contribution >= 4 is 11.6 Å². The molecule has 7 heteroatoms. The molecule has 0 fully saturated rings. The minimum atomic E-state index is -0.872. The van der Waals surface area contributed by atoms with E-state index >= 15 is 0 Å². The molecule has 2 rings (SSSR count). The maximum atomic E-state index is 13.4. The van der Waals surface area contributed by atoms with Gasteiger partial charge < -0.3 is 15.0 Å². The van der Waals surface area contributed by atoms with Crippen molar-refractivity contribution in [3.05, 3.63) is 34.9 Å². The first-order valence-electron chi connectivity index (χ1n) is 6.10. The van der Waals surface area contributed by atoms with Crippen LogP contribution in [0.15, 0.2) is 22.7 Å². The van der Waals surface area contributed by atoms with Gasteiger partial charge in [-0.1, -0.05) is 16.8 Å². The van der Waals surface area contributed by atoms with Crippen LogP contribution < -0.4 is 5.73 Å². The van der Waals surface area contributed by atoms with Crippen molar-refractivity contribution in [1.29, 1.82) is 0 Å². The van der Waals surface area contributed by atoms with Gasteiger partial charge in [0, 0.05) is 12.2 Å². The molecule has 0 aliphatic heterocycles. The predicted octanol–water partition coefficient (Wildman–Crippen LogP) is 2.74. The first kappa shape index (κ1) is 14.9. The highest BCUT2D eigenvalue weighted by atomic mass is 35.5. The second-order valence-electron chi connectivity index (χ2n) is 4.61. The van der Waals surface area contributed by atoms with E-state index in [1.165, 1.54) is 12.1 Å². The first-order valence-corrected chi connectivity index (χ1v) is 6.48. The SMILES string of the molecule is CCOCC(C)(N)c1noc(-c2ccc(Cl)c(F)c2)n1. The third-order valence-electron chi connectivity index (χ3n) is 2.71. The molecule has 2 N–H and O–H groups in total. The van der Waals surface area contributed by atoms with Crippen molar-refractivity contribution < 1.29 is 13.7 Å². The van der Waals surface area contributed by atoms with Crippen LogP contribution in [0.4, 0.5) is 4.39 Å². The van der Waals surface area contributed by atoms with Crippen molar-refractivity contribution in [3.8, 4) is 11.5 Å². The Bertz CT molecular complexity index is 601. The van der Waals surface area contributed by atoms with Gasteiger partial charge in [0.15, 0.2) is 5.82 Å². The van der Waals surface area contributed by atoms with E-state index in [1.807, 2.05) is 6.92 Å². The minimum Gasteiger partial charge on any atom is -0.379 e. The molecule has 0 amide bonds. The van der Waals surface area contributed by atoms with Crippen LogP contribution in [-0.4, -0.2) is 23.4 Å². The molecular weight excluding hydrogens is 285 g/mol. The molecule has 0 saturated heterocycles. The van der Waals surface area contributed by atoms with Crippen LogP contribution in [0.1, 0.15) is 19.7 Å². The Morgan fingerprint density at radius 3 is 2.90 bits per heavy atom. The number of ether oxygens (including phenoxy) is 1. The second-order valence-corrected chi connectivity index (χ2v) is 5.01. The lowest BCUT2D eigenvalue weighted by Gasteiger charge is -2.19. The van der Waals surface area contributed by atoms with Crippen molar-refractivity contribution in [2.24, 2.45) is 5.73 Å². The largest absolute Gasteiger partial charge is 0.379 e. The van der Waals surface area contributed by atoms with Crippen LogP contribution in [0.3, 0.4) is 0 Å². The molecular formula is C13H15ClFN3O2. The fraction of sp³-hybridized carbons (Fsp3) is 0.385. The zero-order valence-corrected chi connectivity index (χ0v) is 11.9. The molecule has 108 valence electrons. The zero-order chi connectivity index (χ0) is 14.8. The van der Waals surface area contributed by atoms with E-state index in [1.54, 1.807) is 13.0 Å². The highest BCUT2D eigenvalue weighted by Crippen LogP contribution is 2.25. The van der Waals surface area contributed by atoms with Gasteiger partial charge in [-0.2, -0.15) is 4.98 Å². The summed E-state index contributed by atoms with van der Waals surface area (Å²) in [5.74, 6) is -0.0613. The lowest BCUT2D eigenvalue weighted by atomic mass is 10.1. The maximum Gasteiger partial charge on any atom is 0.258 e. The van der Waals surface area contributed by atoms with Gasteiger partial charge >= 0.3 is 0 Å². The average molecular weight is 300 g/mol. The lowest BCUT2D eigenvalue weighted by Crippen LogP contribution is -2.39. The normalized spacial score (nSPS) is 14.2. The average Bonchev–Trinajstić information content (AvgIpc) is 2.90. The molecule has 0 bridgehead atoms. The Morgan fingerprint density at radius 2 is 2.25 bits per heavy atom. The molecule has 0 spiro atoms. The number of aromatic nitrogens is 2. The predicted molar refractivity (Wildman–Crippen MR) is 72.7 cm³/mol. The van der Waals surface area contributed by atoms with Gasteiger partial charge in [0.1, 0.15) is 11.4 Å². The van der Waals surface area contributed by atoms with Crippen LogP contribution in [0.2, 0.25) is 5.02 Å². The van der Waals surface area contributed by atoms with Crippen molar-refractivity contribution in [3.63, 3.8) is 0 Å². The highest BCUT2D eigenvalue weighted by Gasteiger charge is 2.28. The maximum absolute atomic E-state index is 13.4.